The van der Waals surface area contributed by atoms with Gasteiger partial charge in [0.25, 0.3) is 5.91 Å². The fraction of sp³-hybridized carbons (Fsp3) is 0.348. The lowest BCUT2D eigenvalue weighted by Gasteiger charge is -2.35. The van der Waals surface area contributed by atoms with Gasteiger partial charge in [-0.1, -0.05) is 42.1 Å². The van der Waals surface area contributed by atoms with Crippen molar-refractivity contribution in [2.24, 2.45) is 5.92 Å². The maximum absolute atomic E-state index is 13.2. The molecule has 7 heteroatoms. The highest BCUT2D eigenvalue weighted by molar-refractivity contribution is 8.00. The number of fused-ring (bicyclic) bond motifs is 1. The van der Waals surface area contributed by atoms with Crippen molar-refractivity contribution in [3.8, 4) is 0 Å². The molecule has 1 aliphatic carbocycles. The summed E-state index contributed by atoms with van der Waals surface area (Å²) < 4.78 is 2.20. The molecule has 0 spiro atoms. The van der Waals surface area contributed by atoms with E-state index < -0.39 is 0 Å². The Hall–Kier alpha value is -2.38. The van der Waals surface area contributed by atoms with Crippen molar-refractivity contribution in [1.82, 2.24) is 14.8 Å². The highest BCUT2D eigenvalue weighted by Crippen LogP contribution is 2.33. The second kappa shape index (κ2) is 8.40. The number of rotatable bonds is 5. The number of amides is 2. The molecule has 5 nitrogen and oxygen atoms in total. The highest BCUT2D eigenvalue weighted by atomic mass is 32.2. The molecule has 0 bridgehead atoms. The molecule has 0 atom stereocenters. The van der Waals surface area contributed by atoms with Crippen LogP contribution in [0.2, 0.25) is 0 Å². The molecule has 30 heavy (non-hydrogen) atoms. The van der Waals surface area contributed by atoms with Crippen LogP contribution in [-0.4, -0.2) is 52.8 Å². The number of hydrogen-bond acceptors (Lipinski definition) is 5. The van der Waals surface area contributed by atoms with Crippen molar-refractivity contribution in [1.29, 1.82) is 0 Å². The summed E-state index contributed by atoms with van der Waals surface area (Å²) in [5.41, 5.74) is 2.81. The molecule has 5 rings (SSSR count). The predicted molar refractivity (Wildman–Crippen MR) is 121 cm³/mol. The monoisotopic (exact) mass is 437 g/mol. The fourth-order valence-electron chi connectivity index (χ4n) is 3.80. The summed E-state index contributed by atoms with van der Waals surface area (Å²) in [7, 11) is 0. The first kappa shape index (κ1) is 19.6. The van der Waals surface area contributed by atoms with Gasteiger partial charge in [0.2, 0.25) is 5.91 Å². The van der Waals surface area contributed by atoms with Crippen molar-refractivity contribution in [2.75, 3.05) is 26.2 Å². The molecule has 1 saturated carbocycles. The maximum atomic E-state index is 13.2. The number of thioether (sulfide) groups is 1. The molecule has 0 N–H and O–H groups in total. The summed E-state index contributed by atoms with van der Waals surface area (Å²) >= 11 is 3.36. The Balaban J connectivity index is 1.25. The number of benzene rings is 2. The average Bonchev–Trinajstić information content (AvgIpc) is 3.56. The van der Waals surface area contributed by atoms with Gasteiger partial charge in [0.1, 0.15) is 0 Å². The van der Waals surface area contributed by atoms with Gasteiger partial charge in [-0.15, -0.1) is 11.3 Å². The number of carbonyl (C=O) groups is 2. The lowest BCUT2D eigenvalue weighted by atomic mass is 10.1. The van der Waals surface area contributed by atoms with Crippen LogP contribution in [0.25, 0.3) is 10.2 Å². The van der Waals surface area contributed by atoms with E-state index in [4.69, 9.17) is 0 Å². The molecular weight excluding hydrogens is 414 g/mol. The first-order chi connectivity index (χ1) is 14.7. The Morgan fingerprint density at radius 1 is 0.967 bits per heavy atom. The van der Waals surface area contributed by atoms with Gasteiger partial charge in [-0.2, -0.15) is 0 Å². The quantitative estimate of drug-likeness (QED) is 0.559. The number of carbonyl (C=O) groups excluding carboxylic acids is 2. The second-order valence-electron chi connectivity index (χ2n) is 7.79. The first-order valence-electron chi connectivity index (χ1n) is 10.3. The minimum absolute atomic E-state index is 0.0639. The van der Waals surface area contributed by atoms with Gasteiger partial charge in [-0.05, 0) is 36.6 Å². The van der Waals surface area contributed by atoms with Gasteiger partial charge in [0.15, 0.2) is 4.34 Å². The summed E-state index contributed by atoms with van der Waals surface area (Å²) in [6.45, 7) is 2.50. The van der Waals surface area contributed by atoms with E-state index in [2.05, 4.69) is 11.1 Å². The SMILES string of the molecule is O=C(c1ccccc1CSc1nc2ccccc2s1)N1CCN(C(=O)C2CC2)CC1. The smallest absolute Gasteiger partial charge is 0.254 e. The molecule has 0 unspecified atom stereocenters. The number of thiazole rings is 1. The summed E-state index contributed by atoms with van der Waals surface area (Å²) in [6.07, 6.45) is 2.05. The van der Waals surface area contributed by atoms with E-state index in [1.54, 1.807) is 23.1 Å². The Morgan fingerprint density at radius 2 is 1.67 bits per heavy atom. The predicted octanol–water partition coefficient (Wildman–Crippen LogP) is 4.28. The first-order valence-corrected chi connectivity index (χ1v) is 12.1. The third-order valence-electron chi connectivity index (χ3n) is 5.68. The van der Waals surface area contributed by atoms with Crippen molar-refractivity contribution in [3.63, 3.8) is 0 Å². The minimum Gasteiger partial charge on any atom is -0.339 e. The number of para-hydroxylation sites is 1. The van der Waals surface area contributed by atoms with Crippen molar-refractivity contribution < 1.29 is 9.59 Å². The lowest BCUT2D eigenvalue weighted by molar-refractivity contribution is -0.134. The van der Waals surface area contributed by atoms with Crippen LogP contribution in [0.3, 0.4) is 0 Å². The minimum atomic E-state index is 0.0639. The normalized spacial score (nSPS) is 16.8. The molecule has 1 aromatic heterocycles. The van der Waals surface area contributed by atoms with Crippen LogP contribution < -0.4 is 0 Å². The fourth-order valence-corrected chi connectivity index (χ4v) is 5.87. The Bertz CT molecular complexity index is 1050. The van der Waals surface area contributed by atoms with E-state index in [9.17, 15) is 9.59 Å². The second-order valence-corrected chi connectivity index (χ2v) is 10.0. The van der Waals surface area contributed by atoms with Crippen LogP contribution in [0.1, 0.15) is 28.8 Å². The highest BCUT2D eigenvalue weighted by Gasteiger charge is 2.35. The summed E-state index contributed by atoms with van der Waals surface area (Å²) in [4.78, 5) is 34.0. The molecule has 2 heterocycles. The van der Waals surface area contributed by atoms with Crippen LogP contribution in [0, 0.1) is 5.92 Å². The van der Waals surface area contributed by atoms with E-state index in [-0.39, 0.29) is 17.7 Å². The zero-order valence-electron chi connectivity index (χ0n) is 16.6. The van der Waals surface area contributed by atoms with E-state index in [1.165, 1.54) is 4.70 Å². The molecule has 0 radical (unpaired) electrons. The van der Waals surface area contributed by atoms with Gasteiger partial charge in [0.05, 0.1) is 10.2 Å². The zero-order chi connectivity index (χ0) is 20.5. The number of aromatic nitrogens is 1. The van der Waals surface area contributed by atoms with Gasteiger partial charge < -0.3 is 9.80 Å². The molecule has 2 fully saturated rings. The van der Waals surface area contributed by atoms with Crippen LogP contribution in [0.15, 0.2) is 52.9 Å². The molecule has 1 saturated heterocycles. The van der Waals surface area contributed by atoms with Crippen LogP contribution in [-0.2, 0) is 10.5 Å². The largest absolute Gasteiger partial charge is 0.339 e. The van der Waals surface area contributed by atoms with Gasteiger partial charge in [0, 0.05) is 43.4 Å². The van der Waals surface area contributed by atoms with E-state index in [1.807, 2.05) is 52.3 Å². The van der Waals surface area contributed by atoms with Gasteiger partial charge in [-0.25, -0.2) is 4.98 Å². The van der Waals surface area contributed by atoms with Crippen molar-refractivity contribution in [3.05, 3.63) is 59.7 Å². The van der Waals surface area contributed by atoms with Gasteiger partial charge >= 0.3 is 0 Å². The maximum Gasteiger partial charge on any atom is 0.254 e. The lowest BCUT2D eigenvalue weighted by Crippen LogP contribution is -2.51. The van der Waals surface area contributed by atoms with Crippen LogP contribution in [0.5, 0.6) is 0 Å². The average molecular weight is 438 g/mol. The van der Waals surface area contributed by atoms with E-state index >= 15 is 0 Å². The molecule has 1 aliphatic heterocycles. The van der Waals surface area contributed by atoms with Crippen molar-refractivity contribution in [2.45, 2.75) is 22.9 Å². The molecular formula is C23H23N3O2S2. The zero-order valence-corrected chi connectivity index (χ0v) is 18.3. The molecule has 2 aromatic carbocycles. The number of hydrogen-bond donors (Lipinski definition) is 0. The Morgan fingerprint density at radius 3 is 2.43 bits per heavy atom. The standard InChI is InChI=1S/C23H23N3O2S2/c27-21(16-9-10-16)25-11-13-26(14-12-25)22(28)18-6-2-1-5-17(18)15-29-23-24-19-7-3-4-8-20(19)30-23/h1-8,16H,9-15H2. The molecule has 2 amide bonds. The summed E-state index contributed by atoms with van der Waals surface area (Å²) in [5, 5.41) is 0. The molecule has 3 aromatic rings. The third kappa shape index (κ3) is 4.09. The topological polar surface area (TPSA) is 53.5 Å². The Kier molecular flexibility index (Phi) is 5.48. The number of nitrogens with zero attached hydrogens (tertiary/aromatic N) is 3. The number of piperazine rings is 1. The van der Waals surface area contributed by atoms with Crippen LogP contribution in [0.4, 0.5) is 0 Å². The Labute approximate surface area is 184 Å². The van der Waals surface area contributed by atoms with E-state index in [0.717, 1.165) is 33.8 Å². The van der Waals surface area contributed by atoms with Crippen LogP contribution >= 0.6 is 23.1 Å². The molecule has 154 valence electrons. The third-order valence-corrected chi connectivity index (χ3v) is 7.91. The summed E-state index contributed by atoms with van der Waals surface area (Å²) in [6, 6.07) is 16.0. The molecule has 2 aliphatic rings. The summed E-state index contributed by atoms with van der Waals surface area (Å²) in [5.74, 6) is 1.29. The van der Waals surface area contributed by atoms with Gasteiger partial charge in [-0.3, -0.25) is 9.59 Å². The van der Waals surface area contributed by atoms with E-state index in [0.29, 0.717) is 31.9 Å². The van der Waals surface area contributed by atoms with Crippen molar-refractivity contribution >= 4 is 45.1 Å².